The van der Waals surface area contributed by atoms with E-state index in [0.29, 0.717) is 10.8 Å². The van der Waals surface area contributed by atoms with Crippen LogP contribution in [0.15, 0.2) is 48.5 Å². The van der Waals surface area contributed by atoms with E-state index in [4.69, 9.17) is 26.8 Å². The lowest BCUT2D eigenvalue weighted by molar-refractivity contribution is -0.131. The molecule has 0 heterocycles. The summed E-state index contributed by atoms with van der Waals surface area (Å²) in [4.78, 5) is 34.6. The molecule has 0 radical (unpaired) electrons. The number of carbonyl (C=O) groups is 3. The number of nitrogens with one attached hydrogen (secondary N) is 2. The Hall–Kier alpha value is -3.26. The third-order valence-corrected chi connectivity index (χ3v) is 3.36. The molecule has 0 aliphatic heterocycles. The van der Waals surface area contributed by atoms with Crippen molar-refractivity contribution in [1.82, 2.24) is 10.9 Å². The van der Waals surface area contributed by atoms with Gasteiger partial charge in [-0.05, 0) is 24.3 Å². The Morgan fingerprint density at radius 2 is 1.35 bits per heavy atom. The number of para-hydroxylation sites is 2. The summed E-state index contributed by atoms with van der Waals surface area (Å²) in [5.41, 5.74) is 9.69. The van der Waals surface area contributed by atoms with E-state index >= 15 is 0 Å². The maximum atomic E-state index is 11.7. The van der Waals surface area contributed by atoms with Crippen LogP contribution in [0.3, 0.4) is 0 Å². The maximum Gasteiger partial charge on any atom is 0.276 e. The highest BCUT2D eigenvalue weighted by molar-refractivity contribution is 6.32. The van der Waals surface area contributed by atoms with Gasteiger partial charge in [0.15, 0.2) is 13.2 Å². The average molecular weight is 378 g/mol. The fraction of sp³-hybridized carbons (Fsp3) is 0.118. The van der Waals surface area contributed by atoms with Gasteiger partial charge in [-0.15, -0.1) is 0 Å². The number of rotatable bonds is 7. The number of nitrogens with two attached hydrogens (primary N) is 1. The standard InChI is InChI=1S/C17H16ClN3O5/c18-12-6-2-4-8-14(12)26-10-16(23)21-20-15(22)9-25-13-7-3-1-5-11(13)17(19)24/h1-8H,9-10H2,(H2,19,24)(H,20,22)(H,21,23). The van der Waals surface area contributed by atoms with Gasteiger partial charge in [0.25, 0.3) is 17.7 Å². The molecule has 8 nitrogen and oxygen atoms in total. The minimum absolute atomic E-state index is 0.150. The van der Waals surface area contributed by atoms with Crippen molar-refractivity contribution < 1.29 is 23.9 Å². The van der Waals surface area contributed by atoms with Crippen LogP contribution in [-0.4, -0.2) is 30.9 Å². The van der Waals surface area contributed by atoms with Crippen LogP contribution < -0.4 is 26.1 Å². The van der Waals surface area contributed by atoms with Crippen molar-refractivity contribution in [3.05, 3.63) is 59.1 Å². The van der Waals surface area contributed by atoms with E-state index in [0.717, 1.165) is 0 Å². The van der Waals surface area contributed by atoms with E-state index in [2.05, 4.69) is 10.9 Å². The summed E-state index contributed by atoms with van der Waals surface area (Å²) in [6.45, 7) is -0.759. The molecule has 0 saturated heterocycles. The summed E-state index contributed by atoms with van der Waals surface area (Å²) in [5, 5.41) is 0.367. The lowest BCUT2D eigenvalue weighted by Crippen LogP contribution is -2.45. The quantitative estimate of drug-likeness (QED) is 0.623. The fourth-order valence-corrected chi connectivity index (χ4v) is 2.05. The lowest BCUT2D eigenvalue weighted by atomic mass is 10.2. The number of benzene rings is 2. The van der Waals surface area contributed by atoms with E-state index < -0.39 is 24.3 Å². The van der Waals surface area contributed by atoms with E-state index in [1.165, 1.54) is 12.1 Å². The van der Waals surface area contributed by atoms with Crippen molar-refractivity contribution in [2.45, 2.75) is 0 Å². The van der Waals surface area contributed by atoms with E-state index in [1.54, 1.807) is 36.4 Å². The molecule has 4 N–H and O–H groups in total. The zero-order valence-corrected chi connectivity index (χ0v) is 14.3. The van der Waals surface area contributed by atoms with Gasteiger partial charge in [0, 0.05) is 0 Å². The Morgan fingerprint density at radius 3 is 1.92 bits per heavy atom. The molecule has 2 aromatic rings. The van der Waals surface area contributed by atoms with Crippen molar-refractivity contribution >= 4 is 29.3 Å². The van der Waals surface area contributed by atoms with E-state index in [-0.39, 0.29) is 17.9 Å². The molecule has 2 aromatic carbocycles. The van der Waals surface area contributed by atoms with Gasteiger partial charge in [-0.3, -0.25) is 25.2 Å². The largest absolute Gasteiger partial charge is 0.483 e. The molecule has 3 amide bonds. The van der Waals surface area contributed by atoms with Gasteiger partial charge in [-0.2, -0.15) is 0 Å². The molecule has 2 rings (SSSR count). The minimum Gasteiger partial charge on any atom is -0.483 e. The predicted molar refractivity (Wildman–Crippen MR) is 93.7 cm³/mol. The first-order valence-corrected chi connectivity index (χ1v) is 7.82. The third kappa shape index (κ3) is 5.67. The highest BCUT2D eigenvalue weighted by Crippen LogP contribution is 2.22. The normalized spacial score (nSPS) is 9.88. The number of primary amides is 1. The minimum atomic E-state index is -0.675. The monoisotopic (exact) mass is 377 g/mol. The van der Waals surface area contributed by atoms with Gasteiger partial charge < -0.3 is 15.2 Å². The molecule has 0 aromatic heterocycles. The number of halogens is 1. The van der Waals surface area contributed by atoms with Gasteiger partial charge in [-0.1, -0.05) is 35.9 Å². The number of hydrazine groups is 1. The summed E-state index contributed by atoms with van der Waals surface area (Å²) in [6, 6.07) is 12.9. The van der Waals surface area contributed by atoms with Crippen LogP contribution in [0.2, 0.25) is 5.02 Å². The second-order valence-electron chi connectivity index (χ2n) is 4.96. The highest BCUT2D eigenvalue weighted by atomic mass is 35.5. The smallest absolute Gasteiger partial charge is 0.276 e. The molecule has 26 heavy (non-hydrogen) atoms. The van der Waals surface area contributed by atoms with Crippen LogP contribution in [0, 0.1) is 0 Å². The molecule has 0 spiro atoms. The van der Waals surface area contributed by atoms with Crippen LogP contribution in [-0.2, 0) is 9.59 Å². The Kier molecular flexibility index (Phi) is 6.81. The van der Waals surface area contributed by atoms with E-state index in [1.807, 2.05) is 0 Å². The molecule has 0 aliphatic carbocycles. The Morgan fingerprint density at radius 1 is 0.846 bits per heavy atom. The molecule has 136 valence electrons. The molecule has 0 atom stereocenters. The maximum absolute atomic E-state index is 11.7. The fourth-order valence-electron chi connectivity index (χ4n) is 1.86. The Balaban J connectivity index is 1.74. The molecule has 0 unspecified atom stereocenters. The van der Waals surface area contributed by atoms with Crippen molar-refractivity contribution in [1.29, 1.82) is 0 Å². The number of carbonyl (C=O) groups excluding carboxylic acids is 3. The van der Waals surface area contributed by atoms with Crippen molar-refractivity contribution in [2.75, 3.05) is 13.2 Å². The van der Waals surface area contributed by atoms with Crippen molar-refractivity contribution in [3.63, 3.8) is 0 Å². The average Bonchev–Trinajstić information content (AvgIpc) is 2.64. The summed E-state index contributed by atoms with van der Waals surface area (Å²) >= 11 is 5.89. The number of hydrogen-bond donors (Lipinski definition) is 3. The molecule has 0 fully saturated rings. The number of ether oxygens (including phenoxy) is 2. The van der Waals surface area contributed by atoms with Crippen LogP contribution >= 0.6 is 11.6 Å². The van der Waals surface area contributed by atoms with Gasteiger partial charge in [0.2, 0.25) is 0 Å². The zero-order chi connectivity index (χ0) is 18.9. The zero-order valence-electron chi connectivity index (χ0n) is 13.5. The van der Waals surface area contributed by atoms with Crippen LogP contribution in [0.5, 0.6) is 11.5 Å². The Bertz CT molecular complexity index is 812. The summed E-state index contributed by atoms with van der Waals surface area (Å²) in [5.74, 6) is -1.37. The summed E-state index contributed by atoms with van der Waals surface area (Å²) in [7, 11) is 0. The predicted octanol–water partition coefficient (Wildman–Crippen LogP) is 1.04. The second kappa shape index (κ2) is 9.28. The van der Waals surface area contributed by atoms with Crippen molar-refractivity contribution in [3.8, 4) is 11.5 Å². The van der Waals surface area contributed by atoms with Crippen LogP contribution in [0.4, 0.5) is 0 Å². The van der Waals surface area contributed by atoms with E-state index in [9.17, 15) is 14.4 Å². The summed E-state index contributed by atoms with van der Waals surface area (Å²) in [6.07, 6.45) is 0. The van der Waals surface area contributed by atoms with Crippen LogP contribution in [0.1, 0.15) is 10.4 Å². The first-order chi connectivity index (χ1) is 12.5. The first-order valence-electron chi connectivity index (χ1n) is 7.44. The number of amides is 3. The molecular weight excluding hydrogens is 362 g/mol. The molecule has 0 aliphatic rings. The summed E-state index contributed by atoms with van der Waals surface area (Å²) < 4.78 is 10.4. The third-order valence-electron chi connectivity index (χ3n) is 3.05. The SMILES string of the molecule is NC(=O)c1ccccc1OCC(=O)NNC(=O)COc1ccccc1Cl. The molecule has 0 saturated carbocycles. The lowest BCUT2D eigenvalue weighted by Gasteiger charge is -2.11. The second-order valence-corrected chi connectivity index (χ2v) is 5.37. The first kappa shape index (κ1) is 19.1. The van der Waals surface area contributed by atoms with Gasteiger partial charge in [0.05, 0.1) is 10.6 Å². The topological polar surface area (TPSA) is 120 Å². The number of hydrogen-bond acceptors (Lipinski definition) is 5. The molecular formula is C17H16ClN3O5. The molecule has 9 heteroatoms. The van der Waals surface area contributed by atoms with Crippen LogP contribution in [0.25, 0.3) is 0 Å². The Labute approximate surface area is 154 Å². The van der Waals surface area contributed by atoms with Gasteiger partial charge >= 0.3 is 0 Å². The van der Waals surface area contributed by atoms with Gasteiger partial charge in [0.1, 0.15) is 11.5 Å². The molecule has 0 bridgehead atoms. The van der Waals surface area contributed by atoms with Gasteiger partial charge in [-0.25, -0.2) is 0 Å². The highest BCUT2D eigenvalue weighted by Gasteiger charge is 2.11. The van der Waals surface area contributed by atoms with Crippen molar-refractivity contribution in [2.24, 2.45) is 5.73 Å².